The van der Waals surface area contributed by atoms with Crippen LogP contribution in [-0.2, 0) is 17.4 Å². The second-order valence-corrected chi connectivity index (χ2v) is 13.1. The number of hydrogen-bond acceptors (Lipinski definition) is 9. The zero-order chi connectivity index (χ0) is 33.3. The van der Waals surface area contributed by atoms with E-state index in [-0.39, 0.29) is 0 Å². The van der Waals surface area contributed by atoms with Crippen molar-refractivity contribution in [3.8, 4) is 28.7 Å². The zero-order valence-corrected chi connectivity index (χ0v) is 28.4. The topological polar surface area (TPSA) is 77.0 Å². The average molecular weight is 647 g/mol. The summed E-state index contributed by atoms with van der Waals surface area (Å²) in [5.41, 5.74) is 3.46. The number of fused-ring (bicyclic) bond motifs is 6. The average Bonchev–Trinajstić information content (AvgIpc) is 3.64. The van der Waals surface area contributed by atoms with Crippen molar-refractivity contribution >= 4 is 22.9 Å². The summed E-state index contributed by atoms with van der Waals surface area (Å²) in [6.45, 7) is 8.24. The summed E-state index contributed by atoms with van der Waals surface area (Å²) in [6.07, 6.45) is 2.52. The number of nitrogens with one attached hydrogen (secondary N) is 1. The molecule has 9 nitrogen and oxygen atoms in total. The molecule has 0 aliphatic carbocycles. The number of benzene rings is 4. The summed E-state index contributed by atoms with van der Waals surface area (Å²) < 4.78 is 25.5. The molecule has 4 aliphatic heterocycles. The number of nitrogens with zero attached hydrogens (tertiary/aromatic N) is 3. The highest BCUT2D eigenvalue weighted by atomic mass is 16.6. The number of rotatable bonds is 6. The number of methoxy groups -OCH3 is 3. The predicted octanol–water partition coefficient (Wildman–Crippen LogP) is 7.48. The molecule has 0 aromatic heterocycles. The van der Waals surface area contributed by atoms with Crippen LogP contribution in [0.4, 0.5) is 17.1 Å². The molecular weight excluding hydrogens is 604 g/mol. The van der Waals surface area contributed by atoms with E-state index in [9.17, 15) is 0 Å². The van der Waals surface area contributed by atoms with E-state index in [2.05, 4.69) is 84.4 Å². The van der Waals surface area contributed by atoms with Crippen molar-refractivity contribution in [2.45, 2.75) is 56.7 Å². The summed E-state index contributed by atoms with van der Waals surface area (Å²) in [6, 6.07) is 27.0. The highest BCUT2D eigenvalue weighted by molar-refractivity contribution is 6.11. The zero-order valence-electron chi connectivity index (χ0n) is 28.4. The fourth-order valence-corrected chi connectivity index (χ4v) is 8.65. The second-order valence-electron chi connectivity index (χ2n) is 13.1. The van der Waals surface area contributed by atoms with Crippen LogP contribution in [0.5, 0.6) is 28.7 Å². The SMILES string of the molecule is CCCN1c2ccc(OC)cc2C(C)(CC)C12Oc1cc(OC)cc(OC)c1NC21C(N2CCc3ccccc32)=NOc2ccccc21. The monoisotopic (exact) mass is 646 g/mol. The molecular formula is C39H42N4O5. The largest absolute Gasteiger partial charge is 0.497 e. The first kappa shape index (κ1) is 30.3. The van der Waals surface area contributed by atoms with Crippen molar-refractivity contribution in [1.82, 2.24) is 0 Å². The Bertz CT molecular complexity index is 1950. The first-order valence-corrected chi connectivity index (χ1v) is 16.8. The third kappa shape index (κ3) is 3.75. The fraction of sp³-hybridized carbons (Fsp3) is 0.359. The maximum atomic E-state index is 7.82. The van der Waals surface area contributed by atoms with E-state index in [1.165, 1.54) is 5.56 Å². The minimum atomic E-state index is -1.11. The Hall–Kier alpha value is -5.05. The molecule has 0 saturated carbocycles. The standard InChI is InChI=1S/C39H42N4O5/c1-7-20-43-31-18-17-26(44-4)22-29(31)37(3,8-2)39(43)38(40-35-33(46-6)23-27(45-5)24-34(35)47-39)28-14-10-12-16-32(28)48-41-36(38)42-21-19-25-13-9-11-15-30(25)42/h9-18,22-24,40H,7-8,19-21H2,1-6H3. The quantitative estimate of drug-likeness (QED) is 0.231. The first-order chi connectivity index (χ1) is 23.4. The van der Waals surface area contributed by atoms with Gasteiger partial charge in [0.2, 0.25) is 5.72 Å². The minimum absolute atomic E-state index is 0.612. The molecule has 8 rings (SSSR count). The molecule has 3 unspecified atom stereocenters. The van der Waals surface area contributed by atoms with Crippen molar-refractivity contribution in [2.24, 2.45) is 5.16 Å². The molecule has 0 radical (unpaired) electrons. The van der Waals surface area contributed by atoms with E-state index in [0.29, 0.717) is 23.0 Å². The van der Waals surface area contributed by atoms with Gasteiger partial charge in [-0.15, -0.1) is 0 Å². The third-order valence-corrected chi connectivity index (χ3v) is 10.9. The summed E-state index contributed by atoms with van der Waals surface area (Å²) in [4.78, 5) is 11.1. The first-order valence-electron chi connectivity index (χ1n) is 16.8. The van der Waals surface area contributed by atoms with E-state index < -0.39 is 16.7 Å². The van der Waals surface area contributed by atoms with Crippen LogP contribution in [-0.4, -0.2) is 46.0 Å². The van der Waals surface area contributed by atoms with Crippen molar-refractivity contribution in [3.63, 3.8) is 0 Å². The Morgan fingerprint density at radius 1 is 0.833 bits per heavy atom. The van der Waals surface area contributed by atoms with Gasteiger partial charge < -0.3 is 38.9 Å². The number of ether oxygens (including phenoxy) is 4. The molecule has 0 amide bonds. The van der Waals surface area contributed by atoms with Gasteiger partial charge >= 0.3 is 0 Å². The van der Waals surface area contributed by atoms with Crippen LogP contribution >= 0.6 is 0 Å². The second kappa shape index (κ2) is 11.0. The molecule has 4 heterocycles. The van der Waals surface area contributed by atoms with E-state index >= 15 is 0 Å². The summed E-state index contributed by atoms with van der Waals surface area (Å²) in [5, 5.41) is 9.22. The van der Waals surface area contributed by atoms with Crippen LogP contribution < -0.4 is 38.9 Å². The third-order valence-electron chi connectivity index (χ3n) is 10.9. The Morgan fingerprint density at radius 2 is 1.62 bits per heavy atom. The molecule has 0 fully saturated rings. The summed E-state index contributed by atoms with van der Waals surface area (Å²) >= 11 is 0. The molecule has 3 atom stereocenters. The Balaban J connectivity index is 1.53. The van der Waals surface area contributed by atoms with Gasteiger partial charge in [-0.1, -0.05) is 55.4 Å². The van der Waals surface area contributed by atoms with Gasteiger partial charge in [-0.25, -0.2) is 0 Å². The highest BCUT2D eigenvalue weighted by Crippen LogP contribution is 2.67. The fourth-order valence-electron chi connectivity index (χ4n) is 8.65. The van der Waals surface area contributed by atoms with Gasteiger partial charge in [0.05, 0.1) is 26.7 Å². The summed E-state index contributed by atoms with van der Waals surface area (Å²) in [5.74, 6) is 4.10. The van der Waals surface area contributed by atoms with Crippen LogP contribution in [0.3, 0.4) is 0 Å². The minimum Gasteiger partial charge on any atom is -0.497 e. The number of anilines is 3. The van der Waals surface area contributed by atoms with Gasteiger partial charge in [-0.2, -0.15) is 0 Å². The lowest BCUT2D eigenvalue weighted by Gasteiger charge is -2.62. The van der Waals surface area contributed by atoms with Gasteiger partial charge in [0.1, 0.15) is 22.9 Å². The molecule has 9 heteroatoms. The molecule has 4 aromatic rings. The molecule has 4 aromatic carbocycles. The van der Waals surface area contributed by atoms with Crippen LogP contribution in [0.1, 0.15) is 50.3 Å². The Morgan fingerprint density at radius 3 is 2.40 bits per heavy atom. The van der Waals surface area contributed by atoms with E-state index in [1.807, 2.05) is 30.3 Å². The number of amidine groups is 1. The lowest BCUT2D eigenvalue weighted by Crippen LogP contribution is -2.80. The van der Waals surface area contributed by atoms with Gasteiger partial charge in [0.15, 0.2) is 22.9 Å². The van der Waals surface area contributed by atoms with E-state index in [0.717, 1.165) is 72.1 Å². The van der Waals surface area contributed by atoms with Gasteiger partial charge in [-0.05, 0) is 67.6 Å². The molecule has 1 N–H and O–H groups in total. The van der Waals surface area contributed by atoms with Gasteiger partial charge in [-0.3, -0.25) is 0 Å². The van der Waals surface area contributed by atoms with Crippen molar-refractivity contribution in [3.05, 3.63) is 95.6 Å². The van der Waals surface area contributed by atoms with Gasteiger partial charge in [0.25, 0.3) is 0 Å². The molecule has 0 bridgehead atoms. The Labute approximate surface area is 282 Å². The van der Waals surface area contributed by atoms with Crippen molar-refractivity contribution < 1.29 is 23.8 Å². The van der Waals surface area contributed by atoms with Crippen molar-refractivity contribution in [1.29, 1.82) is 0 Å². The molecule has 248 valence electrons. The normalized spacial score (nSPS) is 24.5. The highest BCUT2D eigenvalue weighted by Gasteiger charge is 2.77. The van der Waals surface area contributed by atoms with Crippen LogP contribution in [0.25, 0.3) is 0 Å². The van der Waals surface area contributed by atoms with Crippen LogP contribution in [0.15, 0.2) is 84.0 Å². The number of oxime groups is 1. The molecule has 48 heavy (non-hydrogen) atoms. The summed E-state index contributed by atoms with van der Waals surface area (Å²) in [7, 11) is 5.06. The van der Waals surface area contributed by atoms with Crippen LogP contribution in [0, 0.1) is 0 Å². The number of hydrogen-bond donors (Lipinski definition) is 1. The Kier molecular flexibility index (Phi) is 6.95. The maximum absolute atomic E-state index is 7.82. The molecule has 2 spiro atoms. The van der Waals surface area contributed by atoms with E-state index in [4.69, 9.17) is 28.9 Å². The predicted molar refractivity (Wildman–Crippen MR) is 188 cm³/mol. The van der Waals surface area contributed by atoms with Crippen LogP contribution in [0.2, 0.25) is 0 Å². The van der Waals surface area contributed by atoms with Gasteiger partial charge in [0, 0.05) is 42.2 Å². The molecule has 4 aliphatic rings. The lowest BCUT2D eigenvalue weighted by molar-refractivity contribution is -0.0493. The maximum Gasteiger partial charge on any atom is 0.227 e. The lowest BCUT2D eigenvalue weighted by atomic mass is 9.61. The van der Waals surface area contributed by atoms with Crippen molar-refractivity contribution in [2.75, 3.05) is 49.5 Å². The molecule has 0 saturated heterocycles. The van der Waals surface area contributed by atoms with E-state index in [1.54, 1.807) is 21.3 Å². The number of para-hydroxylation sites is 2. The smallest absolute Gasteiger partial charge is 0.227 e.